The summed E-state index contributed by atoms with van der Waals surface area (Å²) in [6.45, 7) is 0. The molecule has 0 saturated heterocycles. The maximum Gasteiger partial charge on any atom is 0.326 e. The van der Waals surface area contributed by atoms with Gasteiger partial charge in [0.05, 0.1) is 12.0 Å². The Morgan fingerprint density at radius 1 is 1.77 bits per heavy atom. The van der Waals surface area contributed by atoms with Crippen molar-refractivity contribution in [3.8, 4) is 0 Å². The first-order valence-corrected chi connectivity index (χ1v) is 4.93. The third kappa shape index (κ3) is 1.37. The van der Waals surface area contributed by atoms with Gasteiger partial charge in [0.2, 0.25) is 0 Å². The minimum absolute atomic E-state index is 0.428. The van der Waals surface area contributed by atoms with Gasteiger partial charge in [0.25, 0.3) is 0 Å². The van der Waals surface area contributed by atoms with Crippen molar-refractivity contribution in [2.75, 3.05) is 0 Å². The van der Waals surface area contributed by atoms with Crippen molar-refractivity contribution in [2.45, 2.75) is 25.3 Å². The number of carbonyl (C=O) groups is 1. The SMILES string of the molecule is O=C(O)C1CCCc2c(Br)ncn21. The summed E-state index contributed by atoms with van der Waals surface area (Å²) < 4.78 is 2.52. The van der Waals surface area contributed by atoms with E-state index in [-0.39, 0.29) is 0 Å². The van der Waals surface area contributed by atoms with Crippen LogP contribution in [0.5, 0.6) is 0 Å². The van der Waals surface area contributed by atoms with Crippen LogP contribution in [0.2, 0.25) is 0 Å². The topological polar surface area (TPSA) is 55.1 Å². The molecule has 0 aliphatic carbocycles. The Morgan fingerprint density at radius 3 is 3.23 bits per heavy atom. The van der Waals surface area contributed by atoms with Gasteiger partial charge in [-0.05, 0) is 35.2 Å². The predicted molar refractivity (Wildman–Crippen MR) is 49.5 cm³/mol. The first kappa shape index (κ1) is 8.74. The molecule has 0 radical (unpaired) electrons. The molecule has 1 N–H and O–H groups in total. The molecule has 1 aromatic rings. The minimum atomic E-state index is -0.772. The molecule has 0 aromatic carbocycles. The van der Waals surface area contributed by atoms with E-state index in [0.717, 1.165) is 23.1 Å². The van der Waals surface area contributed by atoms with Crippen LogP contribution in [0.15, 0.2) is 10.9 Å². The summed E-state index contributed by atoms with van der Waals surface area (Å²) in [5.74, 6) is -0.772. The summed E-state index contributed by atoms with van der Waals surface area (Å²) >= 11 is 3.30. The Bertz CT molecular complexity index is 348. The van der Waals surface area contributed by atoms with Crippen molar-refractivity contribution in [1.82, 2.24) is 9.55 Å². The van der Waals surface area contributed by atoms with E-state index in [9.17, 15) is 4.79 Å². The molecule has 5 heteroatoms. The Hall–Kier alpha value is -0.840. The third-order valence-corrected chi connectivity index (χ3v) is 3.02. The van der Waals surface area contributed by atoms with E-state index < -0.39 is 12.0 Å². The zero-order chi connectivity index (χ0) is 9.42. The Labute approximate surface area is 83.7 Å². The molecule has 13 heavy (non-hydrogen) atoms. The Morgan fingerprint density at radius 2 is 2.54 bits per heavy atom. The zero-order valence-electron chi connectivity index (χ0n) is 6.90. The first-order valence-electron chi connectivity index (χ1n) is 4.14. The van der Waals surface area contributed by atoms with Crippen LogP contribution in [0.25, 0.3) is 0 Å². The van der Waals surface area contributed by atoms with Gasteiger partial charge in [-0.1, -0.05) is 0 Å². The van der Waals surface area contributed by atoms with Crippen LogP contribution in [-0.2, 0) is 11.2 Å². The fraction of sp³-hybridized carbons (Fsp3) is 0.500. The highest BCUT2D eigenvalue weighted by atomic mass is 79.9. The fourth-order valence-electron chi connectivity index (χ4n) is 1.71. The lowest BCUT2D eigenvalue weighted by molar-refractivity contribution is -0.141. The summed E-state index contributed by atoms with van der Waals surface area (Å²) in [6.07, 6.45) is 4.12. The molecule has 0 saturated carbocycles. The highest BCUT2D eigenvalue weighted by Gasteiger charge is 2.26. The Balaban J connectivity index is 2.43. The van der Waals surface area contributed by atoms with Gasteiger partial charge in [0.1, 0.15) is 10.6 Å². The number of fused-ring (bicyclic) bond motifs is 1. The lowest BCUT2D eigenvalue weighted by atomic mass is 10.0. The van der Waals surface area contributed by atoms with E-state index in [0.29, 0.717) is 6.42 Å². The van der Waals surface area contributed by atoms with Gasteiger partial charge in [0, 0.05) is 0 Å². The first-order chi connectivity index (χ1) is 6.20. The number of carboxylic acids is 1. The Kier molecular flexibility index (Phi) is 2.11. The second-order valence-corrected chi connectivity index (χ2v) is 3.89. The van der Waals surface area contributed by atoms with E-state index in [4.69, 9.17) is 5.11 Å². The lowest BCUT2D eigenvalue weighted by Gasteiger charge is -2.21. The maximum atomic E-state index is 10.9. The summed E-state index contributed by atoms with van der Waals surface area (Å²) in [5.41, 5.74) is 0.999. The third-order valence-electron chi connectivity index (χ3n) is 2.36. The van der Waals surface area contributed by atoms with Crippen molar-refractivity contribution >= 4 is 21.9 Å². The van der Waals surface area contributed by atoms with Gasteiger partial charge in [-0.2, -0.15) is 0 Å². The van der Waals surface area contributed by atoms with Crippen LogP contribution < -0.4 is 0 Å². The molecule has 1 aromatic heterocycles. The van der Waals surface area contributed by atoms with Gasteiger partial charge in [-0.15, -0.1) is 0 Å². The summed E-state index contributed by atoms with van der Waals surface area (Å²) in [5, 5.41) is 8.93. The number of carboxylic acid groups (broad SMARTS) is 1. The summed E-state index contributed by atoms with van der Waals surface area (Å²) in [6, 6.07) is -0.428. The number of imidazole rings is 1. The highest BCUT2D eigenvalue weighted by molar-refractivity contribution is 9.10. The quantitative estimate of drug-likeness (QED) is 0.817. The van der Waals surface area contributed by atoms with E-state index >= 15 is 0 Å². The van der Waals surface area contributed by atoms with E-state index in [1.54, 1.807) is 10.9 Å². The van der Waals surface area contributed by atoms with Gasteiger partial charge < -0.3 is 9.67 Å². The van der Waals surface area contributed by atoms with Crippen LogP contribution >= 0.6 is 15.9 Å². The molecular formula is C8H9BrN2O2. The number of aliphatic carboxylic acids is 1. The van der Waals surface area contributed by atoms with Crippen molar-refractivity contribution in [3.05, 3.63) is 16.6 Å². The second kappa shape index (κ2) is 3.14. The number of aromatic nitrogens is 2. The van der Waals surface area contributed by atoms with E-state index in [2.05, 4.69) is 20.9 Å². The molecule has 4 nitrogen and oxygen atoms in total. The van der Waals surface area contributed by atoms with Crippen molar-refractivity contribution in [1.29, 1.82) is 0 Å². The predicted octanol–water partition coefficient (Wildman–Crippen LogP) is 1.61. The highest BCUT2D eigenvalue weighted by Crippen LogP contribution is 2.28. The van der Waals surface area contributed by atoms with Crippen molar-refractivity contribution in [3.63, 3.8) is 0 Å². The minimum Gasteiger partial charge on any atom is -0.480 e. The normalized spacial score (nSPS) is 21.2. The molecule has 1 aliphatic heterocycles. The van der Waals surface area contributed by atoms with Gasteiger partial charge in [-0.25, -0.2) is 9.78 Å². The molecule has 0 amide bonds. The molecule has 0 spiro atoms. The monoisotopic (exact) mass is 244 g/mol. The molecular weight excluding hydrogens is 236 g/mol. The molecule has 0 fully saturated rings. The van der Waals surface area contributed by atoms with Gasteiger partial charge in [0.15, 0.2) is 0 Å². The number of nitrogens with zero attached hydrogens (tertiary/aromatic N) is 2. The molecule has 1 aliphatic rings. The average molecular weight is 245 g/mol. The zero-order valence-corrected chi connectivity index (χ0v) is 8.49. The van der Waals surface area contributed by atoms with Crippen molar-refractivity contribution in [2.24, 2.45) is 0 Å². The number of rotatable bonds is 1. The smallest absolute Gasteiger partial charge is 0.326 e. The van der Waals surface area contributed by atoms with Gasteiger partial charge >= 0.3 is 5.97 Å². The van der Waals surface area contributed by atoms with Crippen LogP contribution in [0.1, 0.15) is 24.6 Å². The fourth-order valence-corrected chi connectivity index (χ4v) is 2.20. The number of hydrogen-bond acceptors (Lipinski definition) is 2. The average Bonchev–Trinajstić information content (AvgIpc) is 2.48. The molecule has 1 unspecified atom stereocenters. The number of halogens is 1. The van der Waals surface area contributed by atoms with E-state index in [1.807, 2.05) is 0 Å². The summed E-state index contributed by atoms with van der Waals surface area (Å²) in [7, 11) is 0. The molecule has 2 rings (SSSR count). The van der Waals surface area contributed by atoms with Gasteiger partial charge in [-0.3, -0.25) is 0 Å². The molecule has 1 atom stereocenters. The molecule has 2 heterocycles. The van der Waals surface area contributed by atoms with Crippen LogP contribution in [0.3, 0.4) is 0 Å². The van der Waals surface area contributed by atoms with Crippen LogP contribution in [0.4, 0.5) is 0 Å². The lowest BCUT2D eigenvalue weighted by Crippen LogP contribution is -2.24. The summed E-state index contributed by atoms with van der Waals surface area (Å²) in [4.78, 5) is 14.9. The van der Waals surface area contributed by atoms with Crippen LogP contribution in [-0.4, -0.2) is 20.6 Å². The van der Waals surface area contributed by atoms with E-state index in [1.165, 1.54) is 0 Å². The number of hydrogen-bond donors (Lipinski definition) is 1. The molecule has 0 bridgehead atoms. The largest absolute Gasteiger partial charge is 0.480 e. The van der Waals surface area contributed by atoms with Crippen LogP contribution in [0, 0.1) is 0 Å². The molecule has 70 valence electrons. The van der Waals surface area contributed by atoms with Crippen molar-refractivity contribution < 1.29 is 9.90 Å². The maximum absolute atomic E-state index is 10.9. The second-order valence-electron chi connectivity index (χ2n) is 3.14. The standard InChI is InChI=1S/C8H9BrN2O2/c9-7-5-2-1-3-6(8(12)13)11(5)4-10-7/h4,6H,1-3H2,(H,12,13).